The molecule has 0 aromatic carbocycles. The summed E-state index contributed by atoms with van der Waals surface area (Å²) in [4.78, 5) is 14.2. The van der Waals surface area contributed by atoms with Gasteiger partial charge in [-0.3, -0.25) is 4.79 Å². The second-order valence-electron chi connectivity index (χ2n) is 4.24. The number of carbonyl (C=O) groups is 1. The van der Waals surface area contributed by atoms with Crippen molar-refractivity contribution in [3.8, 4) is 0 Å². The van der Waals surface area contributed by atoms with Crippen molar-refractivity contribution in [1.29, 1.82) is 0 Å². The Kier molecular flexibility index (Phi) is 3.27. The fourth-order valence-electron chi connectivity index (χ4n) is 2.03. The van der Waals surface area contributed by atoms with Crippen molar-refractivity contribution in [2.45, 2.75) is 44.3 Å². The van der Waals surface area contributed by atoms with Crippen LogP contribution in [0.1, 0.15) is 36.8 Å². The van der Waals surface area contributed by atoms with Crippen molar-refractivity contribution in [3.63, 3.8) is 0 Å². The molecule has 0 amide bonds. The number of hydrogen-bond donors (Lipinski definition) is 1. The molecule has 2 heterocycles. The van der Waals surface area contributed by atoms with E-state index in [2.05, 4.69) is 10.1 Å². The number of carboxylic acid groups (broad SMARTS) is 1. The quantitative estimate of drug-likeness (QED) is 0.901. The molecule has 1 aliphatic heterocycles. The largest absolute Gasteiger partial charge is 0.481 e. The van der Waals surface area contributed by atoms with E-state index < -0.39 is 18.1 Å². The van der Waals surface area contributed by atoms with Crippen molar-refractivity contribution in [3.05, 3.63) is 11.6 Å². The molecule has 0 radical (unpaired) electrons. The summed E-state index contributed by atoms with van der Waals surface area (Å²) in [6.45, 7) is 0.405. The fraction of sp³-hybridized carbons (Fsp3) is 0.700. The van der Waals surface area contributed by atoms with Crippen LogP contribution in [0, 0.1) is 0 Å². The van der Waals surface area contributed by atoms with Crippen molar-refractivity contribution in [2.75, 3.05) is 0 Å². The molecule has 18 heavy (non-hydrogen) atoms. The Labute approximate surface area is 101 Å². The number of carboxylic acids is 1. The van der Waals surface area contributed by atoms with Crippen LogP contribution < -0.4 is 0 Å². The zero-order valence-corrected chi connectivity index (χ0v) is 9.44. The number of fused-ring (bicyclic) bond motifs is 1. The molecule has 1 N–H and O–H groups in total. The van der Waals surface area contributed by atoms with Crippen molar-refractivity contribution < 1.29 is 23.1 Å². The molecular weight excluding hydrogens is 251 g/mol. The fourth-order valence-corrected chi connectivity index (χ4v) is 2.03. The van der Waals surface area contributed by atoms with Crippen LogP contribution in [0.15, 0.2) is 0 Å². The van der Waals surface area contributed by atoms with Crippen LogP contribution in [0.3, 0.4) is 0 Å². The molecule has 0 saturated carbocycles. The third-order valence-corrected chi connectivity index (χ3v) is 2.88. The van der Waals surface area contributed by atoms with Gasteiger partial charge in [-0.1, -0.05) is 0 Å². The summed E-state index contributed by atoms with van der Waals surface area (Å²) in [5, 5.41) is 12.4. The SMILES string of the molecule is O=C(O)CCc1nc2n(n1)CCCC2C(F)(F)F. The summed E-state index contributed by atoms with van der Waals surface area (Å²) < 4.78 is 39.6. The second kappa shape index (κ2) is 4.58. The maximum absolute atomic E-state index is 12.8. The molecule has 5 nitrogen and oxygen atoms in total. The molecule has 0 saturated heterocycles. The van der Waals surface area contributed by atoms with Gasteiger partial charge in [-0.05, 0) is 12.8 Å². The Morgan fingerprint density at radius 3 is 2.83 bits per heavy atom. The minimum absolute atomic E-state index is 0.0144. The van der Waals surface area contributed by atoms with Gasteiger partial charge in [0.05, 0.1) is 6.42 Å². The van der Waals surface area contributed by atoms with E-state index in [4.69, 9.17) is 5.11 Å². The lowest BCUT2D eigenvalue weighted by Crippen LogP contribution is -2.28. The number of aromatic nitrogens is 3. The Balaban J connectivity index is 2.21. The minimum atomic E-state index is -4.32. The lowest BCUT2D eigenvalue weighted by atomic mass is 9.99. The van der Waals surface area contributed by atoms with Crippen molar-refractivity contribution in [1.82, 2.24) is 14.8 Å². The van der Waals surface area contributed by atoms with Crippen molar-refractivity contribution in [2.24, 2.45) is 0 Å². The Morgan fingerprint density at radius 2 is 2.22 bits per heavy atom. The first-order chi connectivity index (χ1) is 8.38. The lowest BCUT2D eigenvalue weighted by molar-refractivity contribution is -0.156. The van der Waals surface area contributed by atoms with E-state index in [0.29, 0.717) is 13.0 Å². The molecule has 0 fully saturated rings. The van der Waals surface area contributed by atoms with Gasteiger partial charge in [0.25, 0.3) is 0 Å². The van der Waals surface area contributed by atoms with Gasteiger partial charge in [-0.15, -0.1) is 0 Å². The summed E-state index contributed by atoms with van der Waals surface area (Å²) in [6.07, 6.45) is -4.03. The van der Waals surface area contributed by atoms with Crippen LogP contribution >= 0.6 is 0 Å². The molecule has 0 bridgehead atoms. The van der Waals surface area contributed by atoms with E-state index in [-0.39, 0.29) is 30.9 Å². The summed E-state index contributed by atoms with van der Waals surface area (Å²) in [5.74, 6) is -2.52. The van der Waals surface area contributed by atoms with Crippen LogP contribution in [0.5, 0.6) is 0 Å². The number of nitrogens with zero attached hydrogens (tertiary/aromatic N) is 3. The Hall–Kier alpha value is -1.60. The van der Waals surface area contributed by atoms with Crippen LogP contribution in [-0.2, 0) is 17.8 Å². The zero-order chi connectivity index (χ0) is 13.3. The standard InChI is InChI=1S/C10H12F3N3O2/c11-10(12,13)6-2-1-5-16-9(6)14-7(15-16)3-4-8(17)18/h6H,1-5H2,(H,17,18). The molecule has 8 heteroatoms. The van der Waals surface area contributed by atoms with Gasteiger partial charge in [0.15, 0.2) is 5.82 Å². The number of hydrogen-bond acceptors (Lipinski definition) is 3. The second-order valence-corrected chi connectivity index (χ2v) is 4.24. The third-order valence-electron chi connectivity index (χ3n) is 2.88. The predicted octanol–water partition coefficient (Wildman–Crippen LogP) is 1.73. The molecule has 1 aromatic rings. The van der Waals surface area contributed by atoms with Gasteiger partial charge in [0, 0.05) is 13.0 Å². The maximum atomic E-state index is 12.8. The first-order valence-electron chi connectivity index (χ1n) is 5.60. The average Bonchev–Trinajstić information content (AvgIpc) is 2.66. The van der Waals surface area contributed by atoms with E-state index in [1.165, 1.54) is 4.68 Å². The molecule has 1 aromatic heterocycles. The van der Waals surface area contributed by atoms with Gasteiger partial charge in [0.2, 0.25) is 0 Å². The molecule has 0 spiro atoms. The number of halogens is 3. The van der Waals surface area contributed by atoms with E-state index in [0.717, 1.165) is 0 Å². The monoisotopic (exact) mass is 263 g/mol. The molecule has 2 rings (SSSR count). The highest BCUT2D eigenvalue weighted by Crippen LogP contribution is 2.39. The van der Waals surface area contributed by atoms with Crippen LogP contribution in [0.25, 0.3) is 0 Å². The molecule has 1 unspecified atom stereocenters. The van der Waals surface area contributed by atoms with Crippen LogP contribution in [-0.4, -0.2) is 32.0 Å². The highest BCUT2D eigenvalue weighted by molar-refractivity contribution is 5.66. The van der Waals surface area contributed by atoms with Gasteiger partial charge in [0.1, 0.15) is 11.7 Å². The number of aliphatic carboxylic acids is 1. The molecule has 100 valence electrons. The first-order valence-corrected chi connectivity index (χ1v) is 5.60. The molecule has 1 aliphatic rings. The third kappa shape index (κ3) is 2.62. The molecule has 1 atom stereocenters. The molecule has 0 aliphatic carbocycles. The Bertz CT molecular complexity index is 456. The van der Waals surface area contributed by atoms with E-state index in [1.54, 1.807) is 0 Å². The van der Waals surface area contributed by atoms with Gasteiger partial charge >= 0.3 is 12.1 Å². The smallest absolute Gasteiger partial charge is 0.398 e. The summed E-state index contributed by atoms with van der Waals surface area (Å²) in [5.41, 5.74) is 0. The number of alkyl halides is 3. The van der Waals surface area contributed by atoms with Crippen LogP contribution in [0.2, 0.25) is 0 Å². The van der Waals surface area contributed by atoms with E-state index in [1.807, 2.05) is 0 Å². The van der Waals surface area contributed by atoms with Crippen molar-refractivity contribution >= 4 is 5.97 Å². The normalized spacial score (nSPS) is 19.6. The highest BCUT2D eigenvalue weighted by Gasteiger charge is 2.45. The van der Waals surface area contributed by atoms with Gasteiger partial charge in [-0.25, -0.2) is 9.67 Å². The number of rotatable bonds is 3. The predicted molar refractivity (Wildman–Crippen MR) is 54.0 cm³/mol. The topological polar surface area (TPSA) is 68.0 Å². The maximum Gasteiger partial charge on any atom is 0.398 e. The van der Waals surface area contributed by atoms with Gasteiger partial charge < -0.3 is 5.11 Å². The summed E-state index contributed by atoms with van der Waals surface area (Å²) >= 11 is 0. The Morgan fingerprint density at radius 1 is 1.50 bits per heavy atom. The first kappa shape index (κ1) is 12.8. The average molecular weight is 263 g/mol. The summed E-state index contributed by atoms with van der Waals surface area (Å²) in [6, 6.07) is 0. The van der Waals surface area contributed by atoms with Crippen LogP contribution in [0.4, 0.5) is 13.2 Å². The van der Waals surface area contributed by atoms with E-state index >= 15 is 0 Å². The lowest BCUT2D eigenvalue weighted by Gasteiger charge is -2.23. The zero-order valence-electron chi connectivity index (χ0n) is 9.44. The highest BCUT2D eigenvalue weighted by atomic mass is 19.4. The minimum Gasteiger partial charge on any atom is -0.481 e. The molecular formula is C10H12F3N3O2. The van der Waals surface area contributed by atoms with Gasteiger partial charge in [-0.2, -0.15) is 18.3 Å². The van der Waals surface area contributed by atoms with E-state index in [9.17, 15) is 18.0 Å². The number of aryl methyl sites for hydroxylation is 2. The summed E-state index contributed by atoms with van der Waals surface area (Å²) in [7, 11) is 0.